The molecule has 0 unspecified atom stereocenters. The molecule has 10 nitrogen and oxygen atoms in total. The maximum atomic E-state index is 15.0. The number of nitrogens with two attached hydrogens (primary N) is 1. The van der Waals surface area contributed by atoms with Gasteiger partial charge >= 0.3 is 11.6 Å². The zero-order valence-corrected chi connectivity index (χ0v) is 19.1. The van der Waals surface area contributed by atoms with Gasteiger partial charge in [0.1, 0.15) is 17.2 Å². The second kappa shape index (κ2) is 10.3. The summed E-state index contributed by atoms with van der Waals surface area (Å²) in [6.45, 7) is 5.10. The Balaban J connectivity index is 1.98. The van der Waals surface area contributed by atoms with E-state index in [1.165, 1.54) is 24.5 Å². The fourth-order valence-electron chi connectivity index (χ4n) is 3.05. The molecule has 34 heavy (non-hydrogen) atoms. The molecule has 0 aliphatic heterocycles. The van der Waals surface area contributed by atoms with Crippen LogP contribution in [0.25, 0.3) is 11.0 Å². The van der Waals surface area contributed by atoms with Gasteiger partial charge < -0.3 is 14.9 Å². The predicted octanol–water partition coefficient (Wildman–Crippen LogP) is 2.49. The number of nitrogens with one attached hydrogen (secondary N) is 2. The van der Waals surface area contributed by atoms with Crippen LogP contribution in [-0.4, -0.2) is 25.4 Å². The summed E-state index contributed by atoms with van der Waals surface area (Å²) < 4.78 is 53.3. The SMILES string of the molecule is C=C(NS(=O)(=O)NC)/C(F)=C(\C=C/N)Cc1c(C)c2ccc(Oc3ncccn3)cc2oc1=O. The molecule has 0 saturated carbocycles. The zero-order valence-electron chi connectivity index (χ0n) is 18.3. The first-order valence-corrected chi connectivity index (χ1v) is 11.3. The van der Waals surface area contributed by atoms with Crippen molar-refractivity contribution in [1.82, 2.24) is 19.4 Å². The van der Waals surface area contributed by atoms with E-state index in [9.17, 15) is 17.6 Å². The van der Waals surface area contributed by atoms with Gasteiger partial charge in [-0.15, -0.1) is 0 Å². The standard InChI is InChI=1S/C22H22FN5O5S/c1-13-17-6-5-16(32-22-26-9-4-10-27-22)12-19(17)33-21(29)18(13)11-15(7-8-24)20(23)14(2)28-34(30,31)25-3/h4-10,12,25,28H,2,11,24H2,1,3H3/b8-7-,20-15-. The van der Waals surface area contributed by atoms with Crippen molar-refractivity contribution in [3.63, 3.8) is 0 Å². The van der Waals surface area contributed by atoms with E-state index < -0.39 is 27.4 Å². The Morgan fingerprint density at radius 2 is 2.03 bits per heavy atom. The Kier molecular flexibility index (Phi) is 7.44. The molecule has 0 saturated heterocycles. The van der Waals surface area contributed by atoms with Crippen LogP contribution in [0.2, 0.25) is 0 Å². The van der Waals surface area contributed by atoms with Crippen LogP contribution in [0.4, 0.5) is 4.39 Å². The quantitative estimate of drug-likeness (QED) is 0.308. The number of nitrogens with zero attached hydrogens (tertiary/aromatic N) is 2. The highest BCUT2D eigenvalue weighted by atomic mass is 32.2. The Bertz CT molecular complexity index is 1450. The average Bonchev–Trinajstić information content (AvgIpc) is 2.80. The summed E-state index contributed by atoms with van der Waals surface area (Å²) in [5.74, 6) is -0.620. The molecule has 1 aromatic carbocycles. The summed E-state index contributed by atoms with van der Waals surface area (Å²) in [6, 6.07) is 6.64. The molecule has 0 aliphatic rings. The number of benzene rings is 1. The number of allylic oxidation sites excluding steroid dienone is 3. The van der Waals surface area contributed by atoms with Crippen LogP contribution in [0, 0.1) is 6.92 Å². The summed E-state index contributed by atoms with van der Waals surface area (Å²) in [5, 5.41) is 0.599. The van der Waals surface area contributed by atoms with Gasteiger partial charge in [0.05, 0.1) is 5.70 Å². The summed E-state index contributed by atoms with van der Waals surface area (Å²) in [7, 11) is -2.83. The number of aryl methyl sites for hydroxylation is 1. The molecule has 178 valence electrons. The summed E-state index contributed by atoms with van der Waals surface area (Å²) >= 11 is 0. The molecular weight excluding hydrogens is 465 g/mol. The van der Waals surface area contributed by atoms with E-state index in [1.54, 1.807) is 25.1 Å². The lowest BCUT2D eigenvalue weighted by Crippen LogP contribution is -2.33. The van der Waals surface area contributed by atoms with Crippen molar-refractivity contribution < 1.29 is 22.0 Å². The molecule has 3 aromatic rings. The molecule has 12 heteroatoms. The number of fused-ring (bicyclic) bond motifs is 1. The highest BCUT2D eigenvalue weighted by Gasteiger charge is 2.18. The van der Waals surface area contributed by atoms with Gasteiger partial charge in [0.2, 0.25) is 0 Å². The molecule has 0 spiro atoms. The van der Waals surface area contributed by atoms with Crippen LogP contribution in [0.3, 0.4) is 0 Å². The van der Waals surface area contributed by atoms with E-state index in [0.29, 0.717) is 16.7 Å². The highest BCUT2D eigenvalue weighted by Crippen LogP contribution is 2.28. The monoisotopic (exact) mass is 487 g/mol. The van der Waals surface area contributed by atoms with Crippen molar-refractivity contribution in [2.24, 2.45) is 5.73 Å². The summed E-state index contributed by atoms with van der Waals surface area (Å²) in [5.41, 5.74) is 5.12. The fraction of sp³-hybridized carbons (Fsp3) is 0.136. The van der Waals surface area contributed by atoms with Gasteiger partial charge in [0.15, 0.2) is 0 Å². The van der Waals surface area contributed by atoms with Crippen molar-refractivity contribution in [2.45, 2.75) is 13.3 Å². The van der Waals surface area contributed by atoms with Crippen molar-refractivity contribution in [1.29, 1.82) is 0 Å². The van der Waals surface area contributed by atoms with Crippen LogP contribution in [-0.2, 0) is 16.6 Å². The van der Waals surface area contributed by atoms with E-state index in [0.717, 1.165) is 13.2 Å². The van der Waals surface area contributed by atoms with Gasteiger partial charge in [0, 0.05) is 42.9 Å². The van der Waals surface area contributed by atoms with E-state index in [4.69, 9.17) is 14.9 Å². The van der Waals surface area contributed by atoms with Crippen molar-refractivity contribution in [3.8, 4) is 11.8 Å². The topological polar surface area (TPSA) is 149 Å². The molecule has 4 N–H and O–H groups in total. The molecule has 0 aliphatic carbocycles. The van der Waals surface area contributed by atoms with Gasteiger partial charge in [-0.2, -0.15) is 8.42 Å². The normalized spacial score (nSPS) is 12.6. The van der Waals surface area contributed by atoms with Gasteiger partial charge in [0.25, 0.3) is 10.2 Å². The van der Waals surface area contributed by atoms with E-state index in [-0.39, 0.29) is 29.2 Å². The van der Waals surface area contributed by atoms with Crippen LogP contribution < -0.4 is 25.5 Å². The predicted molar refractivity (Wildman–Crippen MR) is 125 cm³/mol. The number of ether oxygens (including phenoxy) is 1. The molecule has 0 amide bonds. The molecule has 2 heterocycles. The number of aromatic nitrogens is 2. The summed E-state index contributed by atoms with van der Waals surface area (Å²) in [4.78, 5) is 20.7. The van der Waals surface area contributed by atoms with Crippen LogP contribution >= 0.6 is 0 Å². The van der Waals surface area contributed by atoms with Crippen molar-refractivity contribution in [2.75, 3.05) is 7.05 Å². The fourth-order valence-corrected chi connectivity index (χ4v) is 3.57. The first-order chi connectivity index (χ1) is 16.1. The van der Waals surface area contributed by atoms with E-state index in [1.807, 2.05) is 9.44 Å². The smallest absolute Gasteiger partial charge is 0.340 e. The third-order valence-electron chi connectivity index (χ3n) is 4.75. The van der Waals surface area contributed by atoms with E-state index >= 15 is 0 Å². The second-order valence-electron chi connectivity index (χ2n) is 6.95. The Labute approximate surface area is 194 Å². The number of hydrogen-bond acceptors (Lipinski definition) is 8. The van der Waals surface area contributed by atoms with E-state index in [2.05, 4.69) is 16.5 Å². The van der Waals surface area contributed by atoms with Gasteiger partial charge in [-0.25, -0.2) is 23.9 Å². The molecular formula is C22H22FN5O5S. The summed E-state index contributed by atoms with van der Waals surface area (Å²) in [6.07, 6.45) is 5.12. The van der Waals surface area contributed by atoms with Crippen LogP contribution in [0.1, 0.15) is 11.1 Å². The Morgan fingerprint density at radius 3 is 2.68 bits per heavy atom. The van der Waals surface area contributed by atoms with Gasteiger partial charge in [-0.05, 0) is 48.5 Å². The third-order valence-corrected chi connectivity index (χ3v) is 5.80. The minimum absolute atomic E-state index is 0.0674. The lowest BCUT2D eigenvalue weighted by atomic mass is 9.98. The van der Waals surface area contributed by atoms with Crippen LogP contribution in [0.15, 0.2) is 81.8 Å². The van der Waals surface area contributed by atoms with Crippen LogP contribution in [0.5, 0.6) is 11.8 Å². The number of rotatable bonds is 9. The molecule has 2 aromatic heterocycles. The molecule has 0 atom stereocenters. The number of halogens is 1. The average molecular weight is 488 g/mol. The van der Waals surface area contributed by atoms with Crippen molar-refractivity contribution >= 4 is 21.2 Å². The largest absolute Gasteiger partial charge is 0.424 e. The molecule has 0 fully saturated rings. The number of hydrogen-bond donors (Lipinski definition) is 3. The Morgan fingerprint density at radius 1 is 1.32 bits per heavy atom. The van der Waals surface area contributed by atoms with Gasteiger partial charge in [-0.3, -0.25) is 4.72 Å². The third kappa shape index (κ3) is 5.66. The minimum atomic E-state index is -3.99. The highest BCUT2D eigenvalue weighted by molar-refractivity contribution is 7.87. The molecule has 0 radical (unpaired) electrons. The second-order valence-corrected chi connectivity index (χ2v) is 8.57. The maximum Gasteiger partial charge on any atom is 0.340 e. The lowest BCUT2D eigenvalue weighted by molar-refractivity contribution is 0.440. The Hall–Kier alpha value is -4.03. The first-order valence-electron chi connectivity index (χ1n) is 9.84. The maximum absolute atomic E-state index is 15.0. The molecule has 0 bridgehead atoms. The molecule has 3 rings (SSSR count). The lowest BCUT2D eigenvalue weighted by Gasteiger charge is -2.13. The minimum Gasteiger partial charge on any atom is -0.424 e. The van der Waals surface area contributed by atoms with Gasteiger partial charge in [-0.1, -0.05) is 6.58 Å². The van der Waals surface area contributed by atoms with Crippen molar-refractivity contribution in [3.05, 3.63) is 94.2 Å². The first kappa shape index (κ1) is 24.6. The zero-order chi connectivity index (χ0) is 24.9.